The van der Waals surface area contributed by atoms with Crippen LogP contribution in [0, 0.1) is 0 Å². The van der Waals surface area contributed by atoms with Gasteiger partial charge in [-0.15, -0.1) is 0 Å². The molecule has 2 rings (SSSR count). The fourth-order valence-electron chi connectivity index (χ4n) is 1.80. The topological polar surface area (TPSA) is 26.3 Å². The van der Waals surface area contributed by atoms with Crippen molar-refractivity contribution in [3.8, 4) is 16.9 Å². The summed E-state index contributed by atoms with van der Waals surface area (Å²) in [6, 6.07) is 11.0. The average Bonchev–Trinajstić information content (AvgIpc) is 2.48. The molecule has 0 aromatic carbocycles. The van der Waals surface area contributed by atoms with Gasteiger partial charge in [-0.05, 0) is 17.2 Å². The molecular weight excluding hydrogens is 294 g/mol. The lowest BCUT2D eigenvalue weighted by atomic mass is 10.1. The summed E-state index contributed by atoms with van der Waals surface area (Å²) in [7, 11) is 1.48. The van der Waals surface area contributed by atoms with E-state index in [4.69, 9.17) is 39.5 Å². The van der Waals surface area contributed by atoms with Gasteiger partial charge in [-0.2, -0.15) is 0 Å². The van der Waals surface area contributed by atoms with Gasteiger partial charge in [-0.25, -0.2) is 0 Å². The molecule has 0 amide bonds. The minimum absolute atomic E-state index is 0.295. The monoisotopic (exact) mass is 302 g/mol. The number of carbonyl (C=O) groups is 1. The molecule has 2 aliphatic rings. The number of hydrogen-bond donors (Lipinski definition) is 0. The molecular formula is C13H9Cl3O2. The highest BCUT2D eigenvalue weighted by atomic mass is 35.6. The Labute approximate surface area is 120 Å². The second-order valence-electron chi connectivity index (χ2n) is 3.69. The van der Waals surface area contributed by atoms with Gasteiger partial charge in [0.25, 0.3) is 3.79 Å². The first kappa shape index (κ1) is 13.5. The Morgan fingerprint density at radius 3 is 2.44 bits per heavy atom. The molecule has 0 unspecified atom stereocenters. The predicted octanol–water partition coefficient (Wildman–Crippen LogP) is 4.35. The smallest absolute Gasteiger partial charge is 0.253 e. The Bertz CT molecular complexity index is 561. The number of ketones is 1. The van der Waals surface area contributed by atoms with E-state index in [0.29, 0.717) is 16.9 Å². The van der Waals surface area contributed by atoms with Crippen LogP contribution in [-0.2, 0) is 0 Å². The molecule has 0 saturated heterocycles. The van der Waals surface area contributed by atoms with Crippen LogP contribution in [0.15, 0.2) is 36.4 Å². The van der Waals surface area contributed by atoms with Crippen LogP contribution in [0.3, 0.4) is 0 Å². The fraction of sp³-hybridized carbons (Fsp3) is 0.154. The maximum Gasteiger partial charge on any atom is 0.253 e. The summed E-state index contributed by atoms with van der Waals surface area (Å²) in [6.45, 7) is 0. The SMILES string of the molecule is COc1cc2cccccc-2c1C(=O)C(Cl)(Cl)Cl. The highest BCUT2D eigenvalue weighted by molar-refractivity contribution is 6.77. The second kappa shape index (κ2) is 4.96. The highest BCUT2D eigenvalue weighted by Crippen LogP contribution is 2.41. The van der Waals surface area contributed by atoms with Gasteiger partial charge >= 0.3 is 0 Å². The van der Waals surface area contributed by atoms with Crippen molar-refractivity contribution >= 4 is 40.6 Å². The van der Waals surface area contributed by atoms with E-state index in [2.05, 4.69) is 0 Å². The molecule has 5 heteroatoms. The molecule has 94 valence electrons. The fourth-order valence-corrected chi connectivity index (χ4v) is 2.08. The molecule has 18 heavy (non-hydrogen) atoms. The van der Waals surface area contributed by atoms with Crippen molar-refractivity contribution < 1.29 is 9.53 Å². The van der Waals surface area contributed by atoms with Crippen LogP contribution in [0.4, 0.5) is 0 Å². The first-order valence-corrected chi connectivity index (χ1v) is 6.26. The molecule has 0 spiro atoms. The van der Waals surface area contributed by atoms with Crippen LogP contribution in [0.25, 0.3) is 11.1 Å². The van der Waals surface area contributed by atoms with E-state index in [1.54, 1.807) is 12.1 Å². The lowest BCUT2D eigenvalue weighted by molar-refractivity contribution is 0.0994. The van der Waals surface area contributed by atoms with Crippen molar-refractivity contribution in [3.63, 3.8) is 0 Å². The lowest BCUT2D eigenvalue weighted by Crippen LogP contribution is -2.19. The summed E-state index contributed by atoms with van der Waals surface area (Å²) in [5.41, 5.74) is 1.85. The standard InChI is InChI=1S/C13H9Cl3O2/c1-18-10-7-8-5-3-2-4-6-9(8)11(10)12(17)13(14,15)16/h2-7H,1H3. The zero-order valence-electron chi connectivity index (χ0n) is 9.41. The van der Waals surface area contributed by atoms with Gasteiger partial charge in [-0.3, -0.25) is 4.79 Å². The van der Waals surface area contributed by atoms with Crippen molar-refractivity contribution in [2.24, 2.45) is 0 Å². The third-order valence-corrected chi connectivity index (χ3v) is 3.09. The number of halogens is 3. The third-order valence-electron chi connectivity index (χ3n) is 2.58. The van der Waals surface area contributed by atoms with Gasteiger partial charge in [0.05, 0.1) is 12.7 Å². The number of carbonyl (C=O) groups excluding carboxylic acids is 1. The molecule has 0 fully saturated rings. The number of alkyl halides is 3. The Morgan fingerprint density at radius 2 is 1.83 bits per heavy atom. The number of hydrogen-bond acceptors (Lipinski definition) is 2. The number of Topliss-reactive ketones (excluding diaryl/α,β-unsaturated/α-hetero) is 1. The first-order chi connectivity index (χ1) is 8.45. The van der Waals surface area contributed by atoms with Crippen molar-refractivity contribution in [1.29, 1.82) is 0 Å². The summed E-state index contributed by atoms with van der Waals surface area (Å²) in [6.07, 6.45) is 0. The maximum absolute atomic E-state index is 12.1. The van der Waals surface area contributed by atoms with Crippen molar-refractivity contribution in [1.82, 2.24) is 0 Å². The summed E-state index contributed by atoms with van der Waals surface area (Å²) in [4.78, 5) is 12.1. The van der Waals surface area contributed by atoms with E-state index in [-0.39, 0.29) is 0 Å². The van der Waals surface area contributed by atoms with Gasteiger partial charge in [-0.1, -0.05) is 65.1 Å². The largest absolute Gasteiger partial charge is 0.496 e. The number of methoxy groups -OCH3 is 1. The lowest BCUT2D eigenvalue weighted by Gasteiger charge is -2.11. The zero-order valence-corrected chi connectivity index (χ0v) is 11.7. The quantitative estimate of drug-likeness (QED) is 0.609. The van der Waals surface area contributed by atoms with Gasteiger partial charge in [0.1, 0.15) is 5.75 Å². The van der Waals surface area contributed by atoms with Gasteiger partial charge in [0, 0.05) is 0 Å². The molecule has 0 N–H and O–H groups in total. The summed E-state index contributed by atoms with van der Waals surface area (Å²) in [5, 5.41) is 0. The van der Waals surface area contributed by atoms with E-state index in [9.17, 15) is 4.79 Å². The Morgan fingerprint density at radius 1 is 1.17 bits per heavy atom. The van der Waals surface area contributed by atoms with Crippen molar-refractivity contribution in [2.45, 2.75) is 3.79 Å². The Balaban J connectivity index is 2.68. The van der Waals surface area contributed by atoms with E-state index >= 15 is 0 Å². The summed E-state index contributed by atoms with van der Waals surface area (Å²) < 4.78 is 3.18. The zero-order chi connectivity index (χ0) is 13.3. The van der Waals surface area contributed by atoms with Crippen LogP contribution in [0.2, 0.25) is 0 Å². The van der Waals surface area contributed by atoms with E-state index in [0.717, 1.165) is 5.56 Å². The average molecular weight is 304 g/mol. The Kier molecular flexibility index (Phi) is 3.71. The Hall–Kier alpha value is -0.960. The van der Waals surface area contributed by atoms with Crippen molar-refractivity contribution in [2.75, 3.05) is 7.11 Å². The first-order valence-electron chi connectivity index (χ1n) is 5.12. The molecule has 2 nitrogen and oxygen atoms in total. The minimum Gasteiger partial charge on any atom is -0.496 e. The van der Waals surface area contributed by atoms with E-state index in [1.165, 1.54) is 7.11 Å². The molecule has 0 aromatic heterocycles. The van der Waals surface area contributed by atoms with Gasteiger partial charge in [0.15, 0.2) is 0 Å². The number of ether oxygens (including phenoxy) is 1. The molecule has 0 saturated carbocycles. The van der Waals surface area contributed by atoms with Crippen LogP contribution < -0.4 is 4.74 Å². The van der Waals surface area contributed by atoms with Crippen molar-refractivity contribution in [3.05, 3.63) is 42.0 Å². The van der Waals surface area contributed by atoms with Gasteiger partial charge < -0.3 is 4.74 Å². The molecule has 0 aliphatic heterocycles. The normalized spacial score (nSPS) is 11.6. The number of fused-ring (bicyclic) bond motifs is 1. The minimum atomic E-state index is -2.00. The summed E-state index contributed by atoms with van der Waals surface area (Å²) in [5.74, 6) is -0.182. The summed E-state index contributed by atoms with van der Waals surface area (Å²) >= 11 is 17.0. The molecule has 0 bridgehead atoms. The molecule has 0 heterocycles. The number of rotatable bonds is 2. The molecule has 0 radical (unpaired) electrons. The van der Waals surface area contributed by atoms with Crippen LogP contribution in [0.5, 0.6) is 5.75 Å². The third kappa shape index (κ3) is 2.41. The molecule has 0 aromatic rings. The van der Waals surface area contributed by atoms with Crippen LogP contribution in [-0.4, -0.2) is 16.7 Å². The predicted molar refractivity (Wildman–Crippen MR) is 74.2 cm³/mol. The second-order valence-corrected chi connectivity index (χ2v) is 5.98. The maximum atomic E-state index is 12.1. The van der Waals surface area contributed by atoms with Crippen LogP contribution >= 0.6 is 34.8 Å². The molecule has 0 atom stereocenters. The van der Waals surface area contributed by atoms with Crippen LogP contribution in [0.1, 0.15) is 10.4 Å². The van der Waals surface area contributed by atoms with E-state index < -0.39 is 9.58 Å². The van der Waals surface area contributed by atoms with E-state index in [1.807, 2.05) is 24.3 Å². The highest BCUT2D eigenvalue weighted by Gasteiger charge is 2.36. The van der Waals surface area contributed by atoms with Gasteiger partial charge in [0.2, 0.25) is 5.78 Å². The molecule has 2 aliphatic carbocycles.